The molecule has 5 nitrogen and oxygen atoms in total. The van der Waals surface area contributed by atoms with Crippen molar-refractivity contribution in [3.05, 3.63) is 37.8 Å². The van der Waals surface area contributed by atoms with Crippen molar-refractivity contribution < 1.29 is 0 Å². The van der Waals surface area contributed by atoms with Crippen LogP contribution < -0.4 is 11.2 Å². The van der Waals surface area contributed by atoms with E-state index in [0.717, 1.165) is 0 Å². The maximum Gasteiger partial charge on any atom is 0.326 e. The highest BCUT2D eigenvalue weighted by Gasteiger charge is 2.06. The van der Waals surface area contributed by atoms with Crippen LogP contribution >= 0.6 is 11.6 Å². The number of hydrogen-bond donors (Lipinski definition) is 2. The first kappa shape index (κ1) is 8.96. The van der Waals surface area contributed by atoms with Crippen LogP contribution in [0.2, 0.25) is 5.15 Å². The summed E-state index contributed by atoms with van der Waals surface area (Å²) in [5.74, 6) is 0. The van der Waals surface area contributed by atoms with E-state index >= 15 is 0 Å². The second kappa shape index (κ2) is 2.95. The zero-order valence-corrected chi connectivity index (χ0v) is 7.97. The van der Waals surface area contributed by atoms with Crippen LogP contribution in [0, 0.1) is 6.92 Å². The average molecular weight is 212 g/mol. The molecule has 0 spiro atoms. The SMILES string of the molecule is Cc1cc2c(=O)[nH]c(=O)[nH]c2c(Cl)n1. The van der Waals surface area contributed by atoms with E-state index in [-0.39, 0.29) is 10.7 Å². The molecular formula is C8H6ClN3O2. The van der Waals surface area contributed by atoms with Crippen LogP contribution in [-0.2, 0) is 0 Å². The molecule has 0 unspecified atom stereocenters. The fourth-order valence-electron chi connectivity index (χ4n) is 1.25. The van der Waals surface area contributed by atoms with Crippen LogP contribution in [0.25, 0.3) is 10.9 Å². The van der Waals surface area contributed by atoms with E-state index < -0.39 is 11.2 Å². The number of pyridine rings is 1. The number of aromatic amines is 2. The van der Waals surface area contributed by atoms with Gasteiger partial charge in [-0.2, -0.15) is 0 Å². The Morgan fingerprint density at radius 3 is 2.79 bits per heavy atom. The number of aromatic nitrogens is 3. The Labute approximate surface area is 82.8 Å². The molecule has 2 rings (SSSR count). The second-order valence-electron chi connectivity index (χ2n) is 2.89. The lowest BCUT2D eigenvalue weighted by Crippen LogP contribution is -2.22. The predicted octanol–water partition coefficient (Wildman–Crippen LogP) is 0.573. The molecular weight excluding hydrogens is 206 g/mol. The van der Waals surface area contributed by atoms with Gasteiger partial charge in [0.05, 0.1) is 10.9 Å². The largest absolute Gasteiger partial charge is 0.326 e. The molecule has 0 saturated heterocycles. The van der Waals surface area contributed by atoms with Gasteiger partial charge in [-0.1, -0.05) is 11.6 Å². The van der Waals surface area contributed by atoms with Gasteiger partial charge in [0.1, 0.15) is 0 Å². The Bertz CT molecular complexity index is 614. The lowest BCUT2D eigenvalue weighted by atomic mass is 10.2. The fraction of sp³-hybridized carbons (Fsp3) is 0.125. The lowest BCUT2D eigenvalue weighted by molar-refractivity contribution is 1.07. The molecule has 0 bridgehead atoms. The van der Waals surface area contributed by atoms with E-state index in [1.807, 2.05) is 0 Å². The highest BCUT2D eigenvalue weighted by atomic mass is 35.5. The molecule has 0 amide bonds. The number of hydrogen-bond acceptors (Lipinski definition) is 3. The third-order valence-corrected chi connectivity index (χ3v) is 2.09. The summed E-state index contributed by atoms with van der Waals surface area (Å²) in [6.07, 6.45) is 0. The summed E-state index contributed by atoms with van der Waals surface area (Å²) in [6.45, 7) is 1.72. The van der Waals surface area contributed by atoms with Crippen molar-refractivity contribution in [1.29, 1.82) is 0 Å². The van der Waals surface area contributed by atoms with Crippen molar-refractivity contribution in [1.82, 2.24) is 15.0 Å². The number of rotatable bonds is 0. The molecule has 2 N–H and O–H groups in total. The molecule has 6 heteroatoms. The molecule has 0 aromatic carbocycles. The summed E-state index contributed by atoms with van der Waals surface area (Å²) in [7, 11) is 0. The zero-order chi connectivity index (χ0) is 10.3. The van der Waals surface area contributed by atoms with Crippen molar-refractivity contribution in [3.8, 4) is 0 Å². The Morgan fingerprint density at radius 2 is 2.07 bits per heavy atom. The molecule has 0 aliphatic heterocycles. The van der Waals surface area contributed by atoms with Gasteiger partial charge < -0.3 is 4.98 Å². The van der Waals surface area contributed by atoms with Crippen LogP contribution in [0.5, 0.6) is 0 Å². The summed E-state index contributed by atoms with van der Waals surface area (Å²) < 4.78 is 0. The molecule has 0 aliphatic rings. The van der Waals surface area contributed by atoms with Gasteiger partial charge in [0.25, 0.3) is 5.56 Å². The standard InChI is InChI=1S/C8H6ClN3O2/c1-3-2-4-5(6(9)10-3)11-8(14)12-7(4)13/h2H,1H3,(H2,11,12,13,14). The van der Waals surface area contributed by atoms with Gasteiger partial charge >= 0.3 is 5.69 Å². The van der Waals surface area contributed by atoms with Crippen LogP contribution in [0.3, 0.4) is 0 Å². The Morgan fingerprint density at radius 1 is 1.36 bits per heavy atom. The van der Waals surface area contributed by atoms with Crippen LogP contribution in [0.1, 0.15) is 5.69 Å². The summed E-state index contributed by atoms with van der Waals surface area (Å²) in [6, 6.07) is 1.57. The highest BCUT2D eigenvalue weighted by Crippen LogP contribution is 2.15. The third kappa shape index (κ3) is 1.31. The molecule has 0 fully saturated rings. The van der Waals surface area contributed by atoms with E-state index in [4.69, 9.17) is 11.6 Å². The minimum Gasteiger partial charge on any atom is -0.304 e. The molecule has 0 saturated carbocycles. The van der Waals surface area contributed by atoms with Crippen molar-refractivity contribution in [2.75, 3.05) is 0 Å². The Balaban J connectivity index is 3.10. The summed E-state index contributed by atoms with van der Waals surface area (Å²) >= 11 is 5.77. The minimum atomic E-state index is -0.588. The quantitative estimate of drug-likeness (QED) is 0.626. The van der Waals surface area contributed by atoms with Gasteiger partial charge in [-0.3, -0.25) is 9.78 Å². The fourth-order valence-corrected chi connectivity index (χ4v) is 1.53. The first-order valence-electron chi connectivity index (χ1n) is 3.87. The van der Waals surface area contributed by atoms with E-state index in [2.05, 4.69) is 15.0 Å². The van der Waals surface area contributed by atoms with Gasteiger partial charge in [-0.25, -0.2) is 9.78 Å². The van der Waals surface area contributed by atoms with E-state index in [1.165, 1.54) is 0 Å². The molecule has 2 heterocycles. The van der Waals surface area contributed by atoms with Crippen molar-refractivity contribution >= 4 is 22.5 Å². The molecule has 2 aromatic rings. The molecule has 2 aromatic heterocycles. The predicted molar refractivity (Wildman–Crippen MR) is 52.7 cm³/mol. The topological polar surface area (TPSA) is 78.6 Å². The number of nitrogens with one attached hydrogen (secondary N) is 2. The highest BCUT2D eigenvalue weighted by molar-refractivity contribution is 6.33. The van der Waals surface area contributed by atoms with E-state index in [0.29, 0.717) is 11.1 Å². The van der Waals surface area contributed by atoms with Gasteiger partial charge in [0, 0.05) is 5.69 Å². The first-order chi connectivity index (χ1) is 6.58. The maximum absolute atomic E-state index is 11.3. The lowest BCUT2D eigenvalue weighted by Gasteiger charge is -1.99. The summed E-state index contributed by atoms with van der Waals surface area (Å²) in [4.78, 5) is 30.7. The van der Waals surface area contributed by atoms with Crippen molar-refractivity contribution in [2.24, 2.45) is 0 Å². The smallest absolute Gasteiger partial charge is 0.304 e. The number of H-pyrrole nitrogens is 2. The third-order valence-electron chi connectivity index (χ3n) is 1.81. The van der Waals surface area contributed by atoms with Crippen LogP contribution in [-0.4, -0.2) is 15.0 Å². The Kier molecular flexibility index (Phi) is 1.89. The van der Waals surface area contributed by atoms with Gasteiger partial charge in [0.15, 0.2) is 5.15 Å². The molecule has 0 radical (unpaired) electrons. The second-order valence-corrected chi connectivity index (χ2v) is 3.24. The zero-order valence-electron chi connectivity index (χ0n) is 7.22. The number of nitrogens with zero attached hydrogens (tertiary/aromatic N) is 1. The number of halogens is 1. The molecule has 0 aliphatic carbocycles. The van der Waals surface area contributed by atoms with Crippen molar-refractivity contribution in [3.63, 3.8) is 0 Å². The van der Waals surface area contributed by atoms with E-state index in [9.17, 15) is 9.59 Å². The molecule has 72 valence electrons. The number of fused-ring (bicyclic) bond motifs is 1. The first-order valence-corrected chi connectivity index (χ1v) is 4.25. The molecule has 0 atom stereocenters. The number of aryl methyl sites for hydroxylation is 1. The normalized spacial score (nSPS) is 10.7. The monoisotopic (exact) mass is 211 g/mol. The summed E-state index contributed by atoms with van der Waals surface area (Å²) in [5, 5.41) is 0.463. The van der Waals surface area contributed by atoms with Crippen LogP contribution in [0.4, 0.5) is 0 Å². The summed E-state index contributed by atoms with van der Waals surface area (Å²) in [5.41, 5.74) is -0.155. The van der Waals surface area contributed by atoms with Gasteiger partial charge in [-0.15, -0.1) is 0 Å². The van der Waals surface area contributed by atoms with Gasteiger partial charge in [-0.05, 0) is 13.0 Å². The molecule has 14 heavy (non-hydrogen) atoms. The van der Waals surface area contributed by atoms with Crippen molar-refractivity contribution in [2.45, 2.75) is 6.92 Å². The average Bonchev–Trinajstić information content (AvgIpc) is 2.07. The Hall–Kier alpha value is -1.62. The van der Waals surface area contributed by atoms with E-state index in [1.54, 1.807) is 13.0 Å². The minimum absolute atomic E-state index is 0.128. The van der Waals surface area contributed by atoms with Crippen LogP contribution in [0.15, 0.2) is 15.7 Å². The maximum atomic E-state index is 11.3. The van der Waals surface area contributed by atoms with Gasteiger partial charge in [0.2, 0.25) is 0 Å².